The minimum atomic E-state index is -0.326. The molecular weight excluding hydrogens is 379 g/mol. The summed E-state index contributed by atoms with van der Waals surface area (Å²) in [7, 11) is 1.72. The summed E-state index contributed by atoms with van der Waals surface area (Å²) in [6, 6.07) is 15.1. The predicted octanol–water partition coefficient (Wildman–Crippen LogP) is 4.59. The quantitative estimate of drug-likeness (QED) is 0.445. The van der Waals surface area contributed by atoms with Gasteiger partial charge in [-0.1, -0.05) is 24.3 Å². The molecule has 1 fully saturated rings. The summed E-state index contributed by atoms with van der Waals surface area (Å²) in [4.78, 5) is 8.70. The lowest BCUT2D eigenvalue weighted by atomic mass is 10.1. The summed E-state index contributed by atoms with van der Waals surface area (Å²) in [5.74, 6) is 1.24. The van der Waals surface area contributed by atoms with Crippen molar-refractivity contribution in [2.24, 2.45) is 10.9 Å². The van der Waals surface area contributed by atoms with E-state index in [2.05, 4.69) is 26.7 Å². The molecule has 1 saturated carbocycles. The van der Waals surface area contributed by atoms with Crippen LogP contribution in [-0.4, -0.2) is 24.6 Å². The number of benzene rings is 2. The Labute approximate surface area is 176 Å². The molecule has 3 aromatic rings. The van der Waals surface area contributed by atoms with Crippen molar-refractivity contribution in [3.63, 3.8) is 0 Å². The Kier molecular flexibility index (Phi) is 6.12. The van der Waals surface area contributed by atoms with Gasteiger partial charge in [0.05, 0.1) is 18.2 Å². The molecule has 156 valence electrons. The lowest BCUT2D eigenvalue weighted by Crippen LogP contribution is -2.38. The molecule has 1 atom stereocenters. The maximum Gasteiger partial charge on any atom is 0.191 e. The van der Waals surface area contributed by atoms with E-state index in [0.29, 0.717) is 30.8 Å². The number of aromatic nitrogens is 1. The highest BCUT2D eigenvalue weighted by atomic mass is 19.1. The first-order valence-corrected chi connectivity index (χ1v) is 10.4. The van der Waals surface area contributed by atoms with Crippen LogP contribution in [0.25, 0.3) is 10.9 Å². The summed E-state index contributed by atoms with van der Waals surface area (Å²) in [6.07, 6.45) is 4.18. The monoisotopic (exact) mass is 406 g/mol. The normalized spacial score (nSPS) is 15.1. The number of nitrogens with zero attached hydrogens (tertiary/aromatic N) is 2. The van der Waals surface area contributed by atoms with Crippen LogP contribution in [0.5, 0.6) is 5.75 Å². The zero-order chi connectivity index (χ0) is 20.9. The third kappa shape index (κ3) is 4.87. The second kappa shape index (κ2) is 9.11. The van der Waals surface area contributed by atoms with E-state index in [1.165, 1.54) is 18.9 Å². The number of fused-ring (bicyclic) bond motifs is 1. The Morgan fingerprint density at radius 3 is 2.83 bits per heavy atom. The van der Waals surface area contributed by atoms with E-state index in [1.807, 2.05) is 43.5 Å². The Balaban J connectivity index is 1.37. The van der Waals surface area contributed by atoms with Crippen LogP contribution in [-0.2, 0) is 6.54 Å². The maximum absolute atomic E-state index is 14.4. The maximum atomic E-state index is 14.4. The van der Waals surface area contributed by atoms with E-state index in [-0.39, 0.29) is 11.9 Å². The molecule has 2 aromatic carbocycles. The molecule has 0 aliphatic heterocycles. The van der Waals surface area contributed by atoms with Gasteiger partial charge < -0.3 is 15.4 Å². The smallest absolute Gasteiger partial charge is 0.191 e. The van der Waals surface area contributed by atoms with Crippen molar-refractivity contribution in [2.75, 3.05) is 13.7 Å². The molecule has 0 spiro atoms. The largest absolute Gasteiger partial charge is 0.490 e. The first kappa shape index (κ1) is 20.1. The second-order valence-electron chi connectivity index (χ2n) is 7.72. The zero-order valence-corrected chi connectivity index (χ0v) is 17.4. The number of hydrogen-bond acceptors (Lipinski definition) is 3. The topological polar surface area (TPSA) is 58.5 Å². The Morgan fingerprint density at radius 2 is 2.07 bits per heavy atom. The van der Waals surface area contributed by atoms with Crippen LogP contribution in [0.4, 0.5) is 4.39 Å². The first-order valence-electron chi connectivity index (χ1n) is 10.4. The summed E-state index contributed by atoms with van der Waals surface area (Å²) in [5.41, 5.74) is 2.94. The van der Waals surface area contributed by atoms with Gasteiger partial charge in [-0.3, -0.25) is 9.98 Å². The van der Waals surface area contributed by atoms with Crippen molar-refractivity contribution in [2.45, 2.75) is 32.4 Å². The SMILES string of the molecule is CN=C(NCc1ccnc2ccccc12)NC(C)c1ccc(OCC2CC2)c(F)c1. The third-order valence-electron chi connectivity index (χ3n) is 5.39. The number of hydrogen-bond donors (Lipinski definition) is 2. The lowest BCUT2D eigenvalue weighted by molar-refractivity contribution is 0.285. The fourth-order valence-electron chi connectivity index (χ4n) is 3.37. The number of halogens is 1. The fourth-order valence-corrected chi connectivity index (χ4v) is 3.37. The van der Waals surface area contributed by atoms with E-state index in [4.69, 9.17) is 4.74 Å². The van der Waals surface area contributed by atoms with Crippen LogP contribution in [0.3, 0.4) is 0 Å². The minimum Gasteiger partial charge on any atom is -0.490 e. The number of rotatable bonds is 7. The molecule has 5 nitrogen and oxygen atoms in total. The van der Waals surface area contributed by atoms with Gasteiger partial charge in [-0.25, -0.2) is 4.39 Å². The molecule has 1 aliphatic carbocycles. The van der Waals surface area contributed by atoms with Crippen molar-refractivity contribution in [3.05, 3.63) is 71.7 Å². The zero-order valence-electron chi connectivity index (χ0n) is 17.4. The number of ether oxygens (including phenoxy) is 1. The van der Waals surface area contributed by atoms with Gasteiger partial charge in [-0.05, 0) is 61.1 Å². The van der Waals surface area contributed by atoms with Gasteiger partial charge in [0, 0.05) is 25.2 Å². The predicted molar refractivity (Wildman–Crippen MR) is 118 cm³/mol. The van der Waals surface area contributed by atoms with Crippen LogP contribution in [0.1, 0.15) is 36.9 Å². The van der Waals surface area contributed by atoms with E-state index >= 15 is 0 Å². The molecule has 0 amide bonds. The second-order valence-corrected chi connectivity index (χ2v) is 7.72. The summed E-state index contributed by atoms with van der Waals surface area (Å²) in [6.45, 7) is 3.19. The van der Waals surface area contributed by atoms with E-state index < -0.39 is 0 Å². The molecule has 1 aromatic heterocycles. The average molecular weight is 407 g/mol. The summed E-state index contributed by atoms with van der Waals surface area (Å²) in [5, 5.41) is 7.77. The van der Waals surface area contributed by atoms with Gasteiger partial charge in [0.1, 0.15) is 0 Å². The van der Waals surface area contributed by atoms with Gasteiger partial charge in [0.2, 0.25) is 0 Å². The molecule has 0 bridgehead atoms. The van der Waals surface area contributed by atoms with Crippen LogP contribution < -0.4 is 15.4 Å². The van der Waals surface area contributed by atoms with Gasteiger partial charge in [-0.15, -0.1) is 0 Å². The molecule has 6 heteroatoms. The fraction of sp³-hybridized carbons (Fsp3) is 0.333. The Morgan fingerprint density at radius 1 is 1.23 bits per heavy atom. The van der Waals surface area contributed by atoms with Crippen molar-refractivity contribution in [3.8, 4) is 5.75 Å². The van der Waals surface area contributed by atoms with Crippen molar-refractivity contribution in [1.29, 1.82) is 0 Å². The molecule has 0 radical (unpaired) electrons. The highest BCUT2D eigenvalue weighted by Crippen LogP contribution is 2.30. The summed E-state index contributed by atoms with van der Waals surface area (Å²) >= 11 is 0. The standard InChI is InChI=1S/C24H27FN4O/c1-16(18-9-10-23(21(25)13-18)30-15-17-7-8-17)29-24(26-2)28-14-19-11-12-27-22-6-4-3-5-20(19)22/h3-6,9-13,16-17H,7-8,14-15H2,1-2H3,(H2,26,28,29). The minimum absolute atomic E-state index is 0.114. The average Bonchev–Trinajstić information content (AvgIpc) is 3.60. The van der Waals surface area contributed by atoms with Crippen molar-refractivity contribution in [1.82, 2.24) is 15.6 Å². The molecule has 4 rings (SSSR count). The summed E-state index contributed by atoms with van der Waals surface area (Å²) < 4.78 is 20.0. The van der Waals surface area contributed by atoms with E-state index in [9.17, 15) is 4.39 Å². The van der Waals surface area contributed by atoms with Crippen LogP contribution in [0.15, 0.2) is 59.7 Å². The molecule has 1 heterocycles. The molecule has 1 unspecified atom stereocenters. The van der Waals surface area contributed by atoms with Crippen LogP contribution >= 0.6 is 0 Å². The highest BCUT2D eigenvalue weighted by molar-refractivity contribution is 5.83. The third-order valence-corrected chi connectivity index (χ3v) is 5.39. The van der Waals surface area contributed by atoms with Gasteiger partial charge in [0.15, 0.2) is 17.5 Å². The number of guanidine groups is 1. The lowest BCUT2D eigenvalue weighted by Gasteiger charge is -2.19. The van der Waals surface area contributed by atoms with Crippen molar-refractivity contribution < 1.29 is 9.13 Å². The number of aliphatic imine (C=N–C) groups is 1. The molecular formula is C24H27FN4O. The van der Waals surface area contributed by atoms with Gasteiger partial charge in [-0.2, -0.15) is 0 Å². The van der Waals surface area contributed by atoms with Crippen molar-refractivity contribution >= 4 is 16.9 Å². The van der Waals surface area contributed by atoms with Gasteiger partial charge in [0.25, 0.3) is 0 Å². The number of nitrogens with one attached hydrogen (secondary N) is 2. The Bertz CT molecular complexity index is 1040. The molecule has 0 saturated heterocycles. The van der Waals surface area contributed by atoms with E-state index in [0.717, 1.165) is 22.0 Å². The number of para-hydroxylation sites is 1. The molecule has 2 N–H and O–H groups in total. The van der Waals surface area contributed by atoms with Crippen LogP contribution in [0.2, 0.25) is 0 Å². The first-order chi connectivity index (χ1) is 14.6. The molecule has 1 aliphatic rings. The van der Waals surface area contributed by atoms with E-state index in [1.54, 1.807) is 13.1 Å². The van der Waals surface area contributed by atoms with Crippen LogP contribution in [0, 0.1) is 11.7 Å². The molecule has 30 heavy (non-hydrogen) atoms. The highest BCUT2D eigenvalue weighted by Gasteiger charge is 2.22. The van der Waals surface area contributed by atoms with Gasteiger partial charge >= 0.3 is 0 Å². The number of pyridine rings is 1. The Hall–Kier alpha value is -3.15.